The van der Waals surface area contributed by atoms with Gasteiger partial charge in [-0.1, -0.05) is 19.3 Å². The monoisotopic (exact) mass is 255 g/mol. The standard InChI is InChI=1S/C13H21NO4/c1-3-18-11(15)9-10(2)14-13(12(16)17)7-5-4-6-8-13/h9,14H,3-8H2,1-2H3,(H,16,17)/b10-9+. The number of ether oxygens (including phenoxy) is 1. The average Bonchev–Trinajstić information content (AvgIpc) is 2.29. The Labute approximate surface area is 107 Å². The van der Waals surface area contributed by atoms with Gasteiger partial charge >= 0.3 is 11.9 Å². The minimum Gasteiger partial charge on any atom is -0.480 e. The van der Waals surface area contributed by atoms with Gasteiger partial charge in [0, 0.05) is 11.8 Å². The van der Waals surface area contributed by atoms with Crippen LogP contribution in [-0.4, -0.2) is 29.2 Å². The van der Waals surface area contributed by atoms with Crippen molar-refractivity contribution in [3.63, 3.8) is 0 Å². The molecule has 0 aliphatic heterocycles. The second kappa shape index (κ2) is 6.42. The van der Waals surface area contributed by atoms with Crippen LogP contribution in [0, 0.1) is 0 Å². The van der Waals surface area contributed by atoms with E-state index in [1.807, 2.05) is 0 Å². The molecule has 2 N–H and O–H groups in total. The van der Waals surface area contributed by atoms with E-state index in [-0.39, 0.29) is 0 Å². The minimum absolute atomic E-state index is 0.312. The Morgan fingerprint density at radius 3 is 2.44 bits per heavy atom. The van der Waals surface area contributed by atoms with E-state index in [1.165, 1.54) is 6.08 Å². The summed E-state index contributed by atoms with van der Waals surface area (Å²) in [5, 5.41) is 12.4. The lowest BCUT2D eigenvalue weighted by molar-refractivity contribution is -0.146. The fourth-order valence-electron chi connectivity index (χ4n) is 2.32. The number of hydrogen-bond donors (Lipinski definition) is 2. The number of carbonyl (C=O) groups is 2. The lowest BCUT2D eigenvalue weighted by Gasteiger charge is -2.35. The SMILES string of the molecule is CCOC(=O)/C=C(\C)NC1(C(=O)O)CCCCC1. The number of nitrogens with one attached hydrogen (secondary N) is 1. The van der Waals surface area contributed by atoms with Crippen LogP contribution in [0.25, 0.3) is 0 Å². The highest BCUT2D eigenvalue weighted by molar-refractivity contribution is 5.83. The Bertz CT molecular complexity index is 343. The third-order valence-corrected chi connectivity index (χ3v) is 3.17. The quantitative estimate of drug-likeness (QED) is 0.579. The molecule has 1 aliphatic carbocycles. The molecule has 1 aliphatic rings. The summed E-state index contributed by atoms with van der Waals surface area (Å²) in [6.45, 7) is 3.73. The van der Waals surface area contributed by atoms with Crippen LogP contribution in [-0.2, 0) is 14.3 Å². The second-order valence-electron chi connectivity index (χ2n) is 4.65. The number of carboxylic acids is 1. The summed E-state index contributed by atoms with van der Waals surface area (Å²) in [6.07, 6.45) is 5.35. The van der Waals surface area contributed by atoms with E-state index in [9.17, 15) is 14.7 Å². The van der Waals surface area contributed by atoms with Gasteiger partial charge in [0.2, 0.25) is 0 Å². The normalized spacial score (nSPS) is 19.1. The van der Waals surface area contributed by atoms with E-state index in [4.69, 9.17) is 4.74 Å². The van der Waals surface area contributed by atoms with Crippen LogP contribution in [0.4, 0.5) is 0 Å². The van der Waals surface area contributed by atoms with Crippen molar-refractivity contribution >= 4 is 11.9 Å². The maximum atomic E-state index is 11.4. The van der Waals surface area contributed by atoms with Crippen molar-refractivity contribution in [2.24, 2.45) is 0 Å². The molecule has 1 rings (SSSR count). The van der Waals surface area contributed by atoms with E-state index >= 15 is 0 Å². The van der Waals surface area contributed by atoms with Crippen molar-refractivity contribution in [2.75, 3.05) is 6.61 Å². The highest BCUT2D eigenvalue weighted by Gasteiger charge is 2.39. The molecule has 0 aromatic carbocycles. The van der Waals surface area contributed by atoms with Crippen LogP contribution >= 0.6 is 0 Å². The second-order valence-corrected chi connectivity index (χ2v) is 4.65. The molecule has 1 saturated carbocycles. The van der Waals surface area contributed by atoms with Gasteiger partial charge in [-0.25, -0.2) is 9.59 Å². The molecular weight excluding hydrogens is 234 g/mol. The number of rotatable bonds is 5. The van der Waals surface area contributed by atoms with Crippen molar-refractivity contribution in [1.29, 1.82) is 0 Å². The fourth-order valence-corrected chi connectivity index (χ4v) is 2.32. The molecule has 5 heteroatoms. The first-order valence-corrected chi connectivity index (χ1v) is 6.37. The van der Waals surface area contributed by atoms with E-state index in [1.54, 1.807) is 13.8 Å². The highest BCUT2D eigenvalue weighted by Crippen LogP contribution is 2.29. The molecule has 18 heavy (non-hydrogen) atoms. The molecule has 0 unspecified atom stereocenters. The van der Waals surface area contributed by atoms with Crippen LogP contribution in [0.15, 0.2) is 11.8 Å². The van der Waals surface area contributed by atoms with Gasteiger partial charge < -0.3 is 15.2 Å². The maximum Gasteiger partial charge on any atom is 0.332 e. The molecule has 0 amide bonds. The number of hydrogen-bond acceptors (Lipinski definition) is 4. The van der Waals surface area contributed by atoms with E-state index in [2.05, 4.69) is 5.32 Å². The molecule has 0 bridgehead atoms. The predicted octanol–water partition coefficient (Wildman–Crippen LogP) is 1.83. The first kappa shape index (κ1) is 14.5. The minimum atomic E-state index is -0.925. The van der Waals surface area contributed by atoms with Crippen molar-refractivity contribution in [2.45, 2.75) is 51.5 Å². The molecule has 102 valence electrons. The number of aliphatic carboxylic acids is 1. The van der Waals surface area contributed by atoms with Crippen LogP contribution in [0.2, 0.25) is 0 Å². The zero-order valence-corrected chi connectivity index (χ0v) is 11.0. The van der Waals surface area contributed by atoms with Gasteiger partial charge in [-0.2, -0.15) is 0 Å². The smallest absolute Gasteiger partial charge is 0.332 e. The number of carbonyl (C=O) groups excluding carboxylic acids is 1. The lowest BCUT2D eigenvalue weighted by atomic mass is 9.81. The van der Waals surface area contributed by atoms with Gasteiger partial charge in [-0.3, -0.25) is 0 Å². The molecule has 0 aromatic rings. The molecule has 0 spiro atoms. The maximum absolute atomic E-state index is 11.4. The third-order valence-electron chi connectivity index (χ3n) is 3.17. The summed E-state index contributed by atoms with van der Waals surface area (Å²) in [4.78, 5) is 22.7. The molecule has 0 aromatic heterocycles. The summed E-state index contributed by atoms with van der Waals surface area (Å²) in [5.41, 5.74) is -0.386. The molecule has 0 saturated heterocycles. The van der Waals surface area contributed by atoms with Crippen molar-refractivity contribution < 1.29 is 19.4 Å². The number of esters is 1. The Kier molecular flexibility index (Phi) is 5.19. The molecule has 0 heterocycles. The molecule has 0 radical (unpaired) electrons. The Morgan fingerprint density at radius 1 is 1.33 bits per heavy atom. The van der Waals surface area contributed by atoms with Crippen molar-refractivity contribution in [3.8, 4) is 0 Å². The Morgan fingerprint density at radius 2 is 1.94 bits per heavy atom. The Balaban J connectivity index is 2.72. The largest absolute Gasteiger partial charge is 0.480 e. The molecule has 5 nitrogen and oxygen atoms in total. The van der Waals surface area contributed by atoms with Crippen molar-refractivity contribution in [1.82, 2.24) is 5.32 Å². The first-order chi connectivity index (χ1) is 8.50. The summed E-state index contributed by atoms with van der Waals surface area (Å²) in [6, 6.07) is 0. The summed E-state index contributed by atoms with van der Waals surface area (Å²) in [5.74, 6) is -1.29. The third kappa shape index (κ3) is 3.75. The molecule has 0 atom stereocenters. The number of carboxylic acid groups (broad SMARTS) is 1. The Hall–Kier alpha value is -1.52. The van der Waals surface area contributed by atoms with Crippen molar-refractivity contribution in [3.05, 3.63) is 11.8 Å². The summed E-state index contributed by atoms with van der Waals surface area (Å²) in [7, 11) is 0. The summed E-state index contributed by atoms with van der Waals surface area (Å²) >= 11 is 0. The topological polar surface area (TPSA) is 75.6 Å². The molecular formula is C13H21NO4. The lowest BCUT2D eigenvalue weighted by Crippen LogP contribution is -2.52. The van der Waals surface area contributed by atoms with Gasteiger partial charge in [-0.05, 0) is 26.7 Å². The van der Waals surface area contributed by atoms with Crippen LogP contribution in [0.1, 0.15) is 46.0 Å². The summed E-state index contributed by atoms with van der Waals surface area (Å²) < 4.78 is 4.79. The zero-order valence-electron chi connectivity index (χ0n) is 11.0. The van der Waals surface area contributed by atoms with Gasteiger partial charge in [0.15, 0.2) is 0 Å². The predicted molar refractivity (Wildman–Crippen MR) is 67.0 cm³/mol. The van der Waals surface area contributed by atoms with E-state index < -0.39 is 17.5 Å². The molecule has 1 fully saturated rings. The fraction of sp³-hybridized carbons (Fsp3) is 0.692. The highest BCUT2D eigenvalue weighted by atomic mass is 16.5. The van der Waals surface area contributed by atoms with Gasteiger partial charge in [0.1, 0.15) is 5.54 Å². The van der Waals surface area contributed by atoms with Gasteiger partial charge in [0.25, 0.3) is 0 Å². The van der Waals surface area contributed by atoms with Gasteiger partial charge in [-0.15, -0.1) is 0 Å². The number of allylic oxidation sites excluding steroid dienone is 1. The zero-order chi connectivity index (χ0) is 13.6. The van der Waals surface area contributed by atoms with Gasteiger partial charge in [0.05, 0.1) is 6.61 Å². The van der Waals surface area contributed by atoms with Crippen LogP contribution < -0.4 is 5.32 Å². The van der Waals surface area contributed by atoms with E-state index in [0.29, 0.717) is 25.1 Å². The van der Waals surface area contributed by atoms with Crippen LogP contribution in [0.5, 0.6) is 0 Å². The first-order valence-electron chi connectivity index (χ1n) is 6.37. The van der Waals surface area contributed by atoms with Crippen LogP contribution in [0.3, 0.4) is 0 Å². The van der Waals surface area contributed by atoms with E-state index in [0.717, 1.165) is 19.3 Å². The average molecular weight is 255 g/mol.